The molecule has 5 fully saturated rings. The first kappa shape index (κ1) is 95.3. The number of aromatic nitrogens is 15. The summed E-state index contributed by atoms with van der Waals surface area (Å²) in [5.74, 6) is 13.1. The second-order valence-electron chi connectivity index (χ2n) is 40.0. The minimum atomic E-state index is -0.969. The molecule has 15 aromatic rings. The Bertz CT molecular complexity index is 6370. The van der Waals surface area contributed by atoms with Crippen LogP contribution in [-0.2, 0) is 16.8 Å². The molecule has 706 valence electrons. The fraction of sp³-hybridized carbons (Fsp3) is 0.527. The van der Waals surface area contributed by atoms with E-state index in [-0.39, 0.29) is 11.8 Å². The number of benzene rings is 5. The predicted octanol–water partition coefficient (Wildman–Crippen LogP) is 28.9. The van der Waals surface area contributed by atoms with Gasteiger partial charge in [0.1, 0.15) is 57.9 Å². The molecule has 5 aromatic carbocycles. The SMILES string of the molecule is CC/C=C(\CCC)c1cc(-c2c(C)noc2C)cc2[nH]c(C3CC3)nc12.CCCC(CCC)c1cc(-c2c(C)noc2C)cc2[nH]c(C3CC3)nc12.CCCC(O)(CCC)c1cc(-c2c(C)noc2C)cc2[nH]c(C3CC3)nc12.CCCC(O)(CCC)c1cc(-c2c(C)noc2C)cc2[nH]c(C3CC3)nc12.Cc1noc(C)c1-c1cc(C(O)(C(C)C)C(C)C)c2nc(C3CC3)[nH]c2c1. The molecule has 0 bridgehead atoms. The van der Waals surface area contributed by atoms with E-state index < -0.39 is 16.8 Å². The number of hydrogen-bond acceptors (Lipinski definition) is 18. The summed E-state index contributed by atoms with van der Waals surface area (Å²) in [6, 6.07) is 21.8. The van der Waals surface area contributed by atoms with E-state index in [0.717, 1.165) is 268 Å². The summed E-state index contributed by atoms with van der Waals surface area (Å²) in [7, 11) is 0. The largest absolute Gasteiger partial charge is 0.385 e. The van der Waals surface area contributed by atoms with Gasteiger partial charge in [0.15, 0.2) is 0 Å². The first-order valence-electron chi connectivity index (χ1n) is 50.1. The van der Waals surface area contributed by atoms with Crippen LogP contribution >= 0.6 is 0 Å². The minimum absolute atomic E-state index is 0.0571. The Hall–Kier alpha value is -10.9. The molecule has 20 rings (SSSR count). The quantitative estimate of drug-likeness (QED) is 0.0194. The van der Waals surface area contributed by atoms with Crippen LogP contribution in [0.4, 0.5) is 0 Å². The van der Waals surface area contributed by atoms with Gasteiger partial charge in [-0.15, -0.1) is 0 Å². The standard InChI is InChI=1S/3C22H29N3O2.C22H29N3O.C22H27N3O/c1-11(2)22(26,12(3)4)17-9-16(19-13(5)25-27-14(19)6)10-18-20(17)24-21(23-18)15-7-8-15;2*1-5-9-22(26,10-6-2)17-11-16(19-13(3)25-27-14(19)4)12-18-20(17)24-21(23-18)15-7-8-15;2*1-5-7-15(8-6-2)18-11-17(20-13(3)25-26-14(20)4)12-19-21(18)24-22(23-19)16-9-10-16/h9-12,15,26H,7-8H2,1-6H3,(H,23,24);2*11-12,15,26H,5-10H2,1-4H3,(H,23,24);11-12,15-16H,5-10H2,1-4H3,(H,23,24);7,11-12,16H,5-6,8-10H2,1-4H3,(H,23,24)/b;;;;15-7+. The summed E-state index contributed by atoms with van der Waals surface area (Å²) in [6.45, 7) is 45.4. The third-order valence-electron chi connectivity index (χ3n) is 28.4. The van der Waals surface area contributed by atoms with Gasteiger partial charge in [-0.1, -0.05) is 160 Å². The molecular weight excluding hydrogens is 1660 g/mol. The van der Waals surface area contributed by atoms with Gasteiger partial charge in [-0.3, -0.25) is 0 Å². The van der Waals surface area contributed by atoms with Gasteiger partial charge in [-0.2, -0.15) is 0 Å². The number of rotatable bonds is 32. The van der Waals surface area contributed by atoms with Crippen LogP contribution in [-0.4, -0.2) is 90.9 Å². The van der Waals surface area contributed by atoms with E-state index in [2.05, 4.69) is 201 Å². The van der Waals surface area contributed by atoms with Crippen molar-refractivity contribution in [1.82, 2.24) is 75.6 Å². The van der Waals surface area contributed by atoms with Gasteiger partial charge >= 0.3 is 0 Å². The molecule has 0 radical (unpaired) electrons. The van der Waals surface area contributed by atoms with Crippen LogP contribution in [0.5, 0.6) is 0 Å². The van der Waals surface area contributed by atoms with E-state index in [1.807, 2.05) is 69.2 Å². The normalized spacial score (nSPS) is 15.1. The van der Waals surface area contributed by atoms with Crippen LogP contribution in [0.1, 0.15) is 393 Å². The maximum absolute atomic E-state index is 11.8. The number of nitrogens with zero attached hydrogens (tertiary/aromatic N) is 10. The molecule has 8 N–H and O–H groups in total. The number of nitrogens with one attached hydrogen (secondary N) is 5. The first-order chi connectivity index (χ1) is 63.9. The van der Waals surface area contributed by atoms with Crippen LogP contribution < -0.4 is 0 Å². The Morgan fingerprint density at radius 3 is 0.887 bits per heavy atom. The number of hydrogen-bond donors (Lipinski definition) is 8. The molecule has 0 atom stereocenters. The molecule has 0 aliphatic heterocycles. The van der Waals surface area contributed by atoms with Gasteiger partial charge in [0.05, 0.1) is 100 Å². The molecule has 10 heterocycles. The Labute approximate surface area is 783 Å². The zero-order valence-corrected chi connectivity index (χ0v) is 83.0. The van der Waals surface area contributed by atoms with Gasteiger partial charge < -0.3 is 62.9 Å². The number of aromatic amines is 5. The molecule has 10 aromatic heterocycles. The van der Waals surface area contributed by atoms with E-state index in [9.17, 15) is 15.3 Å². The lowest BCUT2D eigenvalue weighted by molar-refractivity contribution is -0.0519. The fourth-order valence-electron chi connectivity index (χ4n) is 21.0. The summed E-state index contributed by atoms with van der Waals surface area (Å²) >= 11 is 0. The van der Waals surface area contributed by atoms with E-state index in [4.69, 9.17) is 47.5 Å². The first-order valence-corrected chi connectivity index (χ1v) is 50.1. The van der Waals surface area contributed by atoms with Gasteiger partial charge in [0.25, 0.3) is 0 Å². The van der Waals surface area contributed by atoms with Crippen LogP contribution in [0.2, 0.25) is 0 Å². The van der Waals surface area contributed by atoms with E-state index in [1.165, 1.54) is 123 Å². The fourth-order valence-corrected chi connectivity index (χ4v) is 21.0. The highest BCUT2D eigenvalue weighted by Crippen LogP contribution is 2.51. The minimum Gasteiger partial charge on any atom is -0.385 e. The molecular formula is C110H143N15O8. The van der Waals surface area contributed by atoms with Crippen molar-refractivity contribution in [3.63, 3.8) is 0 Å². The van der Waals surface area contributed by atoms with Crippen molar-refractivity contribution in [2.45, 2.75) is 365 Å². The third-order valence-corrected chi connectivity index (χ3v) is 28.4. The van der Waals surface area contributed by atoms with Gasteiger partial charge in [0.2, 0.25) is 0 Å². The highest BCUT2D eigenvalue weighted by Gasteiger charge is 2.42. The topological polar surface area (TPSA) is 334 Å². The zero-order valence-electron chi connectivity index (χ0n) is 83.0. The van der Waals surface area contributed by atoms with Gasteiger partial charge in [-0.05, 0) is 302 Å². The smallest absolute Gasteiger partial charge is 0.141 e. The van der Waals surface area contributed by atoms with Crippen molar-refractivity contribution in [1.29, 1.82) is 0 Å². The Morgan fingerprint density at radius 1 is 0.346 bits per heavy atom. The molecule has 5 aliphatic carbocycles. The lowest BCUT2D eigenvalue weighted by atomic mass is 9.74. The monoisotopic (exact) mass is 1800 g/mol. The molecule has 5 aliphatic rings. The lowest BCUT2D eigenvalue weighted by Gasteiger charge is -2.37. The van der Waals surface area contributed by atoms with Crippen LogP contribution in [0, 0.1) is 81.1 Å². The number of aliphatic hydroxyl groups is 3. The van der Waals surface area contributed by atoms with Crippen molar-refractivity contribution in [3.8, 4) is 55.6 Å². The maximum atomic E-state index is 11.8. The second kappa shape index (κ2) is 39.6. The molecule has 23 heteroatoms. The Balaban J connectivity index is 0.000000121. The summed E-state index contributed by atoms with van der Waals surface area (Å²) in [5, 5.41) is 55.6. The molecule has 133 heavy (non-hydrogen) atoms. The Morgan fingerprint density at radius 2 is 0.617 bits per heavy atom. The number of aryl methyl sites for hydroxylation is 10. The summed E-state index contributed by atoms with van der Waals surface area (Å²) in [5.41, 5.74) is 29.5. The third kappa shape index (κ3) is 19.7. The van der Waals surface area contributed by atoms with Crippen molar-refractivity contribution in [2.24, 2.45) is 11.8 Å². The molecule has 0 saturated heterocycles. The average Bonchev–Trinajstić information content (AvgIpc) is 1.59. The molecule has 0 unspecified atom stereocenters. The highest BCUT2D eigenvalue weighted by atomic mass is 16.5. The predicted molar refractivity (Wildman–Crippen MR) is 532 cm³/mol. The average molecular weight is 1800 g/mol. The van der Waals surface area contributed by atoms with Gasteiger partial charge in [-0.25, -0.2) is 24.9 Å². The van der Waals surface area contributed by atoms with Crippen molar-refractivity contribution >= 4 is 60.7 Å². The molecule has 23 nitrogen and oxygen atoms in total. The van der Waals surface area contributed by atoms with E-state index in [0.29, 0.717) is 35.5 Å². The molecule has 0 spiro atoms. The molecule has 5 saturated carbocycles. The number of allylic oxidation sites excluding steroid dienone is 2. The van der Waals surface area contributed by atoms with E-state index in [1.54, 1.807) is 0 Å². The summed E-state index contributed by atoms with van der Waals surface area (Å²) in [6.07, 6.45) is 29.2. The van der Waals surface area contributed by atoms with Crippen molar-refractivity contribution in [3.05, 3.63) is 181 Å². The lowest BCUT2D eigenvalue weighted by Crippen LogP contribution is -2.38. The van der Waals surface area contributed by atoms with Gasteiger partial charge in [0, 0.05) is 79.7 Å². The highest BCUT2D eigenvalue weighted by molar-refractivity contribution is 5.95. The van der Waals surface area contributed by atoms with Crippen molar-refractivity contribution in [2.75, 3.05) is 0 Å². The number of fused-ring (bicyclic) bond motifs is 5. The maximum Gasteiger partial charge on any atom is 0.141 e. The molecule has 0 amide bonds. The van der Waals surface area contributed by atoms with Crippen LogP contribution in [0.25, 0.3) is 116 Å². The summed E-state index contributed by atoms with van der Waals surface area (Å²) < 4.78 is 27.0. The summed E-state index contributed by atoms with van der Waals surface area (Å²) in [4.78, 5) is 42.5. The van der Waals surface area contributed by atoms with Crippen LogP contribution in [0.3, 0.4) is 0 Å². The number of imidazole rings is 5. The van der Waals surface area contributed by atoms with Crippen LogP contribution in [0.15, 0.2) is 89.4 Å². The number of H-pyrrole nitrogens is 5. The second-order valence-corrected chi connectivity index (χ2v) is 40.0. The van der Waals surface area contributed by atoms with Crippen molar-refractivity contribution < 1.29 is 37.9 Å². The Kier molecular flexibility index (Phi) is 28.4. The zero-order chi connectivity index (χ0) is 94.4. The van der Waals surface area contributed by atoms with E-state index >= 15 is 0 Å².